The maximum absolute atomic E-state index is 12.5. The van der Waals surface area contributed by atoms with Crippen LogP contribution >= 0.6 is 0 Å². The summed E-state index contributed by atoms with van der Waals surface area (Å²) in [5, 5.41) is 3.38. The molecule has 0 radical (unpaired) electrons. The largest absolute Gasteiger partial charge is 0.372 e. The standard InChI is InChI=1S/C17H24N2O2/c1-19(9-6-13-4-7-18-8-5-13)17(20)14-2-3-15-11-21-12-16(15)10-14/h2-3,10,13,18H,4-9,11-12H2,1H3. The number of hydrogen-bond acceptors (Lipinski definition) is 3. The van der Waals surface area contributed by atoms with Crippen LogP contribution in [0.2, 0.25) is 0 Å². The van der Waals surface area contributed by atoms with Crippen LogP contribution in [-0.4, -0.2) is 37.5 Å². The molecule has 0 saturated carbocycles. The lowest BCUT2D eigenvalue weighted by molar-refractivity contribution is 0.0784. The Balaban J connectivity index is 1.56. The topological polar surface area (TPSA) is 41.6 Å². The Morgan fingerprint density at radius 3 is 2.86 bits per heavy atom. The van der Waals surface area contributed by atoms with Gasteiger partial charge in [0.1, 0.15) is 0 Å². The van der Waals surface area contributed by atoms with Crippen LogP contribution in [0, 0.1) is 5.92 Å². The predicted octanol–water partition coefficient (Wildman–Crippen LogP) is 2.18. The van der Waals surface area contributed by atoms with Crippen molar-refractivity contribution in [3.05, 3.63) is 34.9 Å². The zero-order valence-corrected chi connectivity index (χ0v) is 12.7. The highest BCUT2D eigenvalue weighted by Crippen LogP contribution is 2.22. The van der Waals surface area contributed by atoms with Crippen LogP contribution in [-0.2, 0) is 18.0 Å². The quantitative estimate of drug-likeness (QED) is 0.923. The van der Waals surface area contributed by atoms with Gasteiger partial charge in [-0.25, -0.2) is 0 Å². The highest BCUT2D eigenvalue weighted by atomic mass is 16.5. The van der Waals surface area contributed by atoms with E-state index in [1.807, 2.05) is 30.1 Å². The summed E-state index contributed by atoms with van der Waals surface area (Å²) in [5.74, 6) is 0.883. The fourth-order valence-corrected chi connectivity index (χ4v) is 3.17. The van der Waals surface area contributed by atoms with E-state index in [-0.39, 0.29) is 5.91 Å². The lowest BCUT2D eigenvalue weighted by Crippen LogP contribution is -2.32. The zero-order chi connectivity index (χ0) is 14.7. The third-order valence-corrected chi connectivity index (χ3v) is 4.65. The first kappa shape index (κ1) is 14.5. The molecule has 1 amide bonds. The second-order valence-electron chi connectivity index (χ2n) is 6.19. The Hall–Kier alpha value is -1.39. The van der Waals surface area contributed by atoms with E-state index in [2.05, 4.69) is 5.32 Å². The lowest BCUT2D eigenvalue weighted by atomic mass is 9.94. The van der Waals surface area contributed by atoms with Gasteiger partial charge in [0.2, 0.25) is 0 Å². The average Bonchev–Trinajstić information content (AvgIpc) is 3.00. The Morgan fingerprint density at radius 1 is 1.29 bits per heavy atom. The van der Waals surface area contributed by atoms with Gasteiger partial charge in [0.05, 0.1) is 13.2 Å². The predicted molar refractivity (Wildman–Crippen MR) is 82.1 cm³/mol. The number of ether oxygens (including phenoxy) is 1. The molecule has 1 aromatic rings. The first-order valence-corrected chi connectivity index (χ1v) is 7.90. The van der Waals surface area contributed by atoms with E-state index < -0.39 is 0 Å². The second-order valence-corrected chi connectivity index (χ2v) is 6.19. The number of carbonyl (C=O) groups excluding carboxylic acids is 1. The molecule has 1 N–H and O–H groups in total. The van der Waals surface area contributed by atoms with E-state index in [4.69, 9.17) is 4.74 Å². The molecule has 0 aliphatic carbocycles. The van der Waals surface area contributed by atoms with E-state index in [0.29, 0.717) is 13.2 Å². The van der Waals surface area contributed by atoms with Gasteiger partial charge in [-0.3, -0.25) is 4.79 Å². The summed E-state index contributed by atoms with van der Waals surface area (Å²) >= 11 is 0. The number of nitrogens with one attached hydrogen (secondary N) is 1. The zero-order valence-electron chi connectivity index (χ0n) is 12.7. The molecule has 1 saturated heterocycles. The molecule has 3 rings (SSSR count). The van der Waals surface area contributed by atoms with Gasteiger partial charge >= 0.3 is 0 Å². The summed E-state index contributed by atoms with van der Waals surface area (Å²) in [7, 11) is 1.91. The molecule has 4 nitrogen and oxygen atoms in total. The molecule has 2 aliphatic heterocycles. The minimum absolute atomic E-state index is 0.124. The molecular weight excluding hydrogens is 264 g/mol. The number of benzene rings is 1. The van der Waals surface area contributed by atoms with E-state index in [1.54, 1.807) is 0 Å². The summed E-state index contributed by atoms with van der Waals surface area (Å²) in [4.78, 5) is 14.4. The molecule has 0 unspecified atom stereocenters. The Labute approximate surface area is 126 Å². The third kappa shape index (κ3) is 3.44. The molecule has 1 fully saturated rings. The number of nitrogens with zero attached hydrogens (tertiary/aromatic N) is 1. The van der Waals surface area contributed by atoms with Gasteiger partial charge in [-0.2, -0.15) is 0 Å². The third-order valence-electron chi connectivity index (χ3n) is 4.65. The molecule has 2 heterocycles. The summed E-state index contributed by atoms with van der Waals surface area (Å²) in [6.45, 7) is 4.39. The van der Waals surface area contributed by atoms with Crippen LogP contribution in [0.5, 0.6) is 0 Å². The van der Waals surface area contributed by atoms with Gasteiger partial charge < -0.3 is 15.0 Å². The Morgan fingerprint density at radius 2 is 2.05 bits per heavy atom. The molecule has 114 valence electrons. The highest BCUT2D eigenvalue weighted by Gasteiger charge is 2.18. The fourth-order valence-electron chi connectivity index (χ4n) is 3.17. The lowest BCUT2D eigenvalue weighted by Gasteiger charge is -2.25. The average molecular weight is 288 g/mol. The number of rotatable bonds is 4. The van der Waals surface area contributed by atoms with Crippen molar-refractivity contribution in [2.75, 3.05) is 26.7 Å². The molecule has 0 atom stereocenters. The summed E-state index contributed by atoms with van der Waals surface area (Å²) in [5.41, 5.74) is 3.16. The minimum Gasteiger partial charge on any atom is -0.372 e. The highest BCUT2D eigenvalue weighted by molar-refractivity contribution is 5.94. The SMILES string of the molecule is CN(CCC1CCNCC1)C(=O)c1ccc2c(c1)COC2. The second kappa shape index (κ2) is 6.58. The van der Waals surface area contributed by atoms with Crippen LogP contribution in [0.1, 0.15) is 40.7 Å². The van der Waals surface area contributed by atoms with Gasteiger partial charge in [0.15, 0.2) is 0 Å². The Bertz CT molecular complexity index is 510. The molecule has 0 bridgehead atoms. The molecule has 1 aromatic carbocycles. The maximum atomic E-state index is 12.5. The molecule has 0 aromatic heterocycles. The van der Waals surface area contributed by atoms with Gasteiger partial charge in [-0.15, -0.1) is 0 Å². The van der Waals surface area contributed by atoms with Crippen molar-refractivity contribution >= 4 is 5.91 Å². The number of fused-ring (bicyclic) bond motifs is 1. The number of amides is 1. The van der Waals surface area contributed by atoms with E-state index in [0.717, 1.165) is 43.1 Å². The van der Waals surface area contributed by atoms with Crippen LogP contribution in [0.15, 0.2) is 18.2 Å². The van der Waals surface area contributed by atoms with Crippen LogP contribution in [0.3, 0.4) is 0 Å². The summed E-state index contributed by atoms with van der Waals surface area (Å²) < 4.78 is 5.41. The molecule has 0 spiro atoms. The first-order valence-electron chi connectivity index (χ1n) is 7.90. The van der Waals surface area contributed by atoms with Crippen molar-refractivity contribution in [1.29, 1.82) is 0 Å². The Kier molecular flexibility index (Phi) is 4.56. The van der Waals surface area contributed by atoms with E-state index in [9.17, 15) is 4.79 Å². The van der Waals surface area contributed by atoms with Crippen LogP contribution < -0.4 is 5.32 Å². The molecular formula is C17H24N2O2. The van der Waals surface area contributed by atoms with Gasteiger partial charge in [-0.1, -0.05) is 6.07 Å². The van der Waals surface area contributed by atoms with Gasteiger partial charge in [-0.05, 0) is 61.5 Å². The molecule has 2 aliphatic rings. The van der Waals surface area contributed by atoms with Crippen molar-refractivity contribution in [2.24, 2.45) is 5.92 Å². The number of hydrogen-bond donors (Lipinski definition) is 1. The van der Waals surface area contributed by atoms with Crippen molar-refractivity contribution in [2.45, 2.75) is 32.5 Å². The number of piperidine rings is 1. The van der Waals surface area contributed by atoms with Crippen molar-refractivity contribution in [3.8, 4) is 0 Å². The normalized spacial score (nSPS) is 18.5. The number of carbonyl (C=O) groups is 1. The van der Waals surface area contributed by atoms with Crippen molar-refractivity contribution in [1.82, 2.24) is 10.2 Å². The summed E-state index contributed by atoms with van der Waals surface area (Å²) in [6.07, 6.45) is 3.58. The molecule has 4 heteroatoms. The smallest absolute Gasteiger partial charge is 0.253 e. The van der Waals surface area contributed by atoms with Crippen LogP contribution in [0.25, 0.3) is 0 Å². The minimum atomic E-state index is 0.124. The fraction of sp³-hybridized carbons (Fsp3) is 0.588. The van der Waals surface area contributed by atoms with Crippen LogP contribution in [0.4, 0.5) is 0 Å². The van der Waals surface area contributed by atoms with Crippen molar-refractivity contribution in [3.63, 3.8) is 0 Å². The first-order chi connectivity index (χ1) is 10.2. The van der Waals surface area contributed by atoms with Gasteiger partial charge in [0.25, 0.3) is 5.91 Å². The maximum Gasteiger partial charge on any atom is 0.253 e. The van der Waals surface area contributed by atoms with E-state index >= 15 is 0 Å². The van der Waals surface area contributed by atoms with E-state index in [1.165, 1.54) is 18.4 Å². The molecule has 21 heavy (non-hydrogen) atoms. The summed E-state index contributed by atoms with van der Waals surface area (Å²) in [6, 6.07) is 5.94. The monoisotopic (exact) mass is 288 g/mol. The van der Waals surface area contributed by atoms with Gasteiger partial charge in [0, 0.05) is 19.2 Å². The van der Waals surface area contributed by atoms with Crippen molar-refractivity contribution < 1.29 is 9.53 Å².